The number of aromatic nitrogens is 1. The van der Waals surface area contributed by atoms with E-state index in [-0.39, 0.29) is 17.9 Å². The Morgan fingerprint density at radius 3 is 2.48 bits per heavy atom. The van der Waals surface area contributed by atoms with Crippen LogP contribution >= 0.6 is 0 Å². The van der Waals surface area contributed by atoms with E-state index in [0.717, 1.165) is 23.6 Å². The lowest BCUT2D eigenvalue weighted by atomic mass is 10.0. The van der Waals surface area contributed by atoms with Crippen molar-refractivity contribution >= 4 is 23.1 Å². The van der Waals surface area contributed by atoms with E-state index < -0.39 is 11.7 Å². The molecule has 2 aromatic rings. The molecule has 0 bridgehead atoms. The van der Waals surface area contributed by atoms with Gasteiger partial charge in [-0.25, -0.2) is 4.98 Å². The minimum atomic E-state index is -4.36. The molecule has 4 rings (SSSR count). The molecule has 2 aliphatic rings. The lowest BCUT2D eigenvalue weighted by molar-refractivity contribution is -0.137. The fourth-order valence-electron chi connectivity index (χ4n) is 4.06. The molecule has 2 aliphatic heterocycles. The molecule has 154 valence electrons. The third-order valence-electron chi connectivity index (χ3n) is 5.52. The predicted molar refractivity (Wildman–Crippen MR) is 105 cm³/mol. The van der Waals surface area contributed by atoms with Crippen LogP contribution in [-0.4, -0.2) is 48.0 Å². The Hall–Kier alpha value is -2.77. The number of carbonyl (C=O) groups is 1. The van der Waals surface area contributed by atoms with E-state index in [2.05, 4.69) is 9.88 Å². The fourth-order valence-corrected chi connectivity index (χ4v) is 4.06. The fraction of sp³-hybridized carbons (Fsp3) is 0.429. The molecule has 0 radical (unpaired) electrons. The van der Waals surface area contributed by atoms with Crippen LogP contribution in [-0.2, 0) is 11.0 Å². The van der Waals surface area contributed by atoms with Gasteiger partial charge in [-0.05, 0) is 36.4 Å². The van der Waals surface area contributed by atoms with E-state index in [1.54, 1.807) is 6.20 Å². The topological polar surface area (TPSA) is 39.7 Å². The summed E-state index contributed by atoms with van der Waals surface area (Å²) in [5.41, 5.74) is 0.879. The number of anilines is 3. The second-order valence-corrected chi connectivity index (χ2v) is 7.79. The summed E-state index contributed by atoms with van der Waals surface area (Å²) >= 11 is 0. The molecule has 1 unspecified atom stereocenters. The Morgan fingerprint density at radius 1 is 1.10 bits per heavy atom. The lowest BCUT2D eigenvalue weighted by Crippen LogP contribution is -2.61. The SMILES string of the molecule is CC(C)C(=O)N1CCN2c3ncccc3N(c3ccc(C(F)(F)F)cc3)CC2C1. The van der Waals surface area contributed by atoms with Gasteiger partial charge in [-0.1, -0.05) is 13.8 Å². The molecule has 29 heavy (non-hydrogen) atoms. The summed E-state index contributed by atoms with van der Waals surface area (Å²) in [7, 11) is 0. The van der Waals surface area contributed by atoms with Gasteiger partial charge in [0.2, 0.25) is 5.91 Å². The van der Waals surface area contributed by atoms with Gasteiger partial charge in [0.15, 0.2) is 5.82 Å². The molecule has 3 heterocycles. The first kappa shape index (κ1) is 19.5. The maximum Gasteiger partial charge on any atom is 0.416 e. The van der Waals surface area contributed by atoms with Crippen LogP contribution in [0.5, 0.6) is 0 Å². The smallest absolute Gasteiger partial charge is 0.347 e. The Balaban J connectivity index is 1.66. The third-order valence-corrected chi connectivity index (χ3v) is 5.52. The van der Waals surface area contributed by atoms with Gasteiger partial charge in [-0.3, -0.25) is 4.79 Å². The van der Waals surface area contributed by atoms with Crippen molar-refractivity contribution in [2.45, 2.75) is 26.1 Å². The quantitative estimate of drug-likeness (QED) is 0.761. The Kier molecular flexibility index (Phi) is 4.88. The number of pyridine rings is 1. The Bertz CT molecular complexity index is 898. The number of halogens is 3. The highest BCUT2D eigenvalue weighted by atomic mass is 19.4. The number of alkyl halides is 3. The number of carbonyl (C=O) groups excluding carboxylic acids is 1. The highest BCUT2D eigenvalue weighted by molar-refractivity contribution is 5.80. The number of fused-ring (bicyclic) bond motifs is 3. The van der Waals surface area contributed by atoms with Crippen molar-refractivity contribution in [1.29, 1.82) is 0 Å². The average molecular weight is 404 g/mol. The molecule has 1 amide bonds. The molecule has 5 nitrogen and oxygen atoms in total. The number of rotatable bonds is 2. The van der Waals surface area contributed by atoms with Gasteiger partial charge in [0, 0.05) is 44.0 Å². The van der Waals surface area contributed by atoms with E-state index in [4.69, 9.17) is 0 Å². The van der Waals surface area contributed by atoms with Crippen molar-refractivity contribution < 1.29 is 18.0 Å². The molecule has 1 aromatic heterocycles. The lowest BCUT2D eigenvalue weighted by Gasteiger charge is -2.49. The molecule has 1 saturated heterocycles. The summed E-state index contributed by atoms with van der Waals surface area (Å²) in [4.78, 5) is 23.1. The molecule has 1 atom stereocenters. The highest BCUT2D eigenvalue weighted by Crippen LogP contribution is 2.40. The van der Waals surface area contributed by atoms with Crippen molar-refractivity contribution in [2.24, 2.45) is 5.92 Å². The van der Waals surface area contributed by atoms with Crippen LogP contribution in [0.3, 0.4) is 0 Å². The molecule has 0 spiro atoms. The molecule has 0 saturated carbocycles. The number of amides is 1. The van der Waals surface area contributed by atoms with Gasteiger partial charge < -0.3 is 14.7 Å². The number of nitrogens with zero attached hydrogens (tertiary/aromatic N) is 4. The van der Waals surface area contributed by atoms with E-state index in [9.17, 15) is 18.0 Å². The van der Waals surface area contributed by atoms with Crippen molar-refractivity contribution in [3.8, 4) is 0 Å². The minimum absolute atomic E-state index is 0.0242. The number of benzene rings is 1. The first-order valence-corrected chi connectivity index (χ1v) is 9.71. The molecule has 1 aromatic carbocycles. The summed E-state index contributed by atoms with van der Waals surface area (Å²) < 4.78 is 38.8. The van der Waals surface area contributed by atoms with E-state index >= 15 is 0 Å². The Morgan fingerprint density at radius 2 is 1.83 bits per heavy atom. The van der Waals surface area contributed by atoms with Crippen molar-refractivity contribution in [1.82, 2.24) is 9.88 Å². The molecule has 8 heteroatoms. The molecule has 0 aliphatic carbocycles. The van der Waals surface area contributed by atoms with Crippen LogP contribution in [0.1, 0.15) is 19.4 Å². The Labute approximate surface area is 167 Å². The van der Waals surface area contributed by atoms with Gasteiger partial charge in [-0.15, -0.1) is 0 Å². The van der Waals surface area contributed by atoms with Crippen molar-refractivity contribution in [2.75, 3.05) is 36.0 Å². The van der Waals surface area contributed by atoms with Crippen LogP contribution < -0.4 is 9.80 Å². The van der Waals surface area contributed by atoms with Crippen LogP contribution in [0.2, 0.25) is 0 Å². The summed E-state index contributed by atoms with van der Waals surface area (Å²) in [5.74, 6) is 0.861. The minimum Gasteiger partial charge on any atom is -0.347 e. The highest BCUT2D eigenvalue weighted by Gasteiger charge is 2.38. The standard InChI is InChI=1S/C21H23F3N4O/c1-14(2)20(29)26-10-11-27-17(12-26)13-28(18-4-3-9-25-19(18)27)16-7-5-15(6-8-16)21(22,23)24/h3-9,14,17H,10-13H2,1-2H3. The van der Waals surface area contributed by atoms with Gasteiger partial charge in [-0.2, -0.15) is 13.2 Å². The maximum absolute atomic E-state index is 12.9. The summed E-state index contributed by atoms with van der Waals surface area (Å²) in [5, 5.41) is 0. The van der Waals surface area contributed by atoms with Crippen LogP contribution in [0.25, 0.3) is 0 Å². The summed E-state index contributed by atoms with van der Waals surface area (Å²) in [6, 6.07) is 8.98. The zero-order chi connectivity index (χ0) is 20.8. The van der Waals surface area contributed by atoms with Crippen LogP contribution in [0.15, 0.2) is 42.6 Å². The predicted octanol–water partition coefficient (Wildman–Crippen LogP) is 3.93. The van der Waals surface area contributed by atoms with Crippen LogP contribution in [0.4, 0.5) is 30.4 Å². The normalized spacial score (nSPS) is 19.2. The molecule has 0 N–H and O–H groups in total. The molecular formula is C21H23F3N4O. The van der Waals surface area contributed by atoms with Crippen LogP contribution in [0, 0.1) is 5.92 Å². The van der Waals surface area contributed by atoms with E-state index in [1.807, 2.05) is 35.8 Å². The first-order valence-electron chi connectivity index (χ1n) is 9.71. The molecule has 1 fully saturated rings. The second-order valence-electron chi connectivity index (χ2n) is 7.79. The number of piperazine rings is 1. The third kappa shape index (κ3) is 3.63. The van der Waals surface area contributed by atoms with Gasteiger partial charge >= 0.3 is 6.18 Å². The first-order chi connectivity index (χ1) is 13.8. The second kappa shape index (κ2) is 7.24. The zero-order valence-corrected chi connectivity index (χ0v) is 16.4. The van der Waals surface area contributed by atoms with Gasteiger partial charge in [0.1, 0.15) is 0 Å². The maximum atomic E-state index is 12.9. The van der Waals surface area contributed by atoms with Gasteiger partial charge in [0.25, 0.3) is 0 Å². The zero-order valence-electron chi connectivity index (χ0n) is 16.4. The largest absolute Gasteiger partial charge is 0.416 e. The van der Waals surface area contributed by atoms with Gasteiger partial charge in [0.05, 0.1) is 17.3 Å². The molecular weight excluding hydrogens is 381 g/mol. The summed E-state index contributed by atoms with van der Waals surface area (Å²) in [6.45, 7) is 6.26. The average Bonchev–Trinajstić information content (AvgIpc) is 2.71. The number of hydrogen-bond acceptors (Lipinski definition) is 4. The van der Waals surface area contributed by atoms with Crippen molar-refractivity contribution in [3.63, 3.8) is 0 Å². The summed E-state index contributed by atoms with van der Waals surface area (Å²) in [6.07, 6.45) is -2.64. The monoisotopic (exact) mass is 404 g/mol. The van der Waals surface area contributed by atoms with E-state index in [1.165, 1.54) is 12.1 Å². The number of hydrogen-bond donors (Lipinski definition) is 0. The van der Waals surface area contributed by atoms with Crippen molar-refractivity contribution in [3.05, 3.63) is 48.2 Å². The van der Waals surface area contributed by atoms with E-state index in [0.29, 0.717) is 31.9 Å².